The zero-order valence-corrected chi connectivity index (χ0v) is 9.80. The molecule has 0 amide bonds. The van der Waals surface area contributed by atoms with E-state index in [0.29, 0.717) is 12.3 Å². The van der Waals surface area contributed by atoms with Crippen molar-refractivity contribution in [2.75, 3.05) is 18.7 Å². The molecule has 16 heavy (non-hydrogen) atoms. The van der Waals surface area contributed by atoms with Crippen molar-refractivity contribution >= 4 is 17.4 Å². The second kappa shape index (κ2) is 5.90. The molecule has 0 aliphatic rings. The molecule has 0 bridgehead atoms. The van der Waals surface area contributed by atoms with Crippen LogP contribution in [0.25, 0.3) is 0 Å². The molecule has 1 rings (SSSR count). The number of ether oxygens (including phenoxy) is 1. The topological polar surface area (TPSA) is 41.9 Å². The lowest BCUT2D eigenvalue weighted by Gasteiger charge is -2.13. The van der Waals surface area contributed by atoms with Crippen molar-refractivity contribution in [1.29, 1.82) is 0 Å². The first-order valence-corrected chi connectivity index (χ1v) is 5.16. The molecule has 4 heteroatoms. The summed E-state index contributed by atoms with van der Waals surface area (Å²) in [7, 11) is 1.79. The van der Waals surface area contributed by atoms with E-state index in [1.807, 2.05) is 30.3 Å². The third kappa shape index (κ3) is 3.38. The number of hydrazone groups is 1. The monoisotopic (exact) mass is 220 g/mol. The van der Waals surface area contributed by atoms with Crippen LogP contribution < -0.4 is 5.01 Å². The normalized spacial score (nSPS) is 11.1. The van der Waals surface area contributed by atoms with Gasteiger partial charge in [-0.2, -0.15) is 5.10 Å². The summed E-state index contributed by atoms with van der Waals surface area (Å²) < 4.78 is 4.84. The highest BCUT2D eigenvalue weighted by molar-refractivity contribution is 6.35. The summed E-state index contributed by atoms with van der Waals surface area (Å²) >= 11 is 0. The van der Waals surface area contributed by atoms with Gasteiger partial charge >= 0.3 is 5.97 Å². The fourth-order valence-corrected chi connectivity index (χ4v) is 1.20. The Morgan fingerprint density at radius 3 is 2.56 bits per heavy atom. The molecule has 1 aromatic rings. The molecule has 0 heterocycles. The van der Waals surface area contributed by atoms with Crippen LogP contribution in [0.4, 0.5) is 5.69 Å². The minimum absolute atomic E-state index is 0.341. The van der Waals surface area contributed by atoms with Gasteiger partial charge in [0.2, 0.25) is 0 Å². The van der Waals surface area contributed by atoms with Crippen LogP contribution in [-0.2, 0) is 9.53 Å². The summed E-state index contributed by atoms with van der Waals surface area (Å²) in [5.41, 5.74) is 1.26. The molecule has 0 aliphatic carbocycles. The third-order valence-corrected chi connectivity index (χ3v) is 2.00. The molecule has 0 unspecified atom stereocenters. The van der Waals surface area contributed by atoms with Crippen molar-refractivity contribution in [1.82, 2.24) is 0 Å². The van der Waals surface area contributed by atoms with Crippen molar-refractivity contribution in [3.8, 4) is 0 Å². The molecule has 0 radical (unpaired) electrons. The first-order chi connectivity index (χ1) is 7.65. The standard InChI is InChI=1S/C12H16N2O2/c1-4-16-12(15)10(2)13-14(3)11-8-6-5-7-9-11/h5-9H,4H2,1-3H3. The number of hydrogen-bond donors (Lipinski definition) is 0. The zero-order chi connectivity index (χ0) is 12.0. The van der Waals surface area contributed by atoms with Gasteiger partial charge in [-0.25, -0.2) is 4.79 Å². The second-order valence-electron chi connectivity index (χ2n) is 3.27. The summed E-state index contributed by atoms with van der Waals surface area (Å²) in [6, 6.07) is 9.60. The molecule has 0 atom stereocenters. The number of rotatable bonds is 4. The minimum Gasteiger partial charge on any atom is -0.461 e. The van der Waals surface area contributed by atoms with Crippen molar-refractivity contribution in [2.45, 2.75) is 13.8 Å². The van der Waals surface area contributed by atoms with Gasteiger partial charge in [-0.3, -0.25) is 5.01 Å². The minimum atomic E-state index is -0.384. The number of nitrogens with zero attached hydrogens (tertiary/aromatic N) is 2. The SMILES string of the molecule is CCOC(=O)C(C)=NN(C)c1ccccc1. The molecule has 4 nitrogen and oxygen atoms in total. The Bertz CT molecular complexity index is 374. The molecule has 0 spiro atoms. The Hall–Kier alpha value is -1.84. The van der Waals surface area contributed by atoms with Gasteiger partial charge in [0.1, 0.15) is 5.71 Å². The maximum absolute atomic E-state index is 11.3. The number of anilines is 1. The summed E-state index contributed by atoms with van der Waals surface area (Å²) in [5, 5.41) is 5.79. The van der Waals surface area contributed by atoms with Crippen LogP contribution >= 0.6 is 0 Å². The number of esters is 1. The summed E-state index contributed by atoms with van der Waals surface area (Å²) in [4.78, 5) is 11.3. The Kier molecular flexibility index (Phi) is 4.51. The van der Waals surface area contributed by atoms with Crippen molar-refractivity contribution < 1.29 is 9.53 Å². The van der Waals surface area contributed by atoms with Crippen LogP contribution in [-0.4, -0.2) is 25.3 Å². The van der Waals surface area contributed by atoms with Crippen LogP contribution in [0.15, 0.2) is 35.4 Å². The van der Waals surface area contributed by atoms with Gasteiger partial charge < -0.3 is 4.74 Å². The van der Waals surface area contributed by atoms with Gasteiger partial charge in [-0.15, -0.1) is 0 Å². The quantitative estimate of drug-likeness (QED) is 0.443. The third-order valence-electron chi connectivity index (χ3n) is 2.00. The van der Waals surface area contributed by atoms with Gasteiger partial charge in [0.15, 0.2) is 0 Å². The first kappa shape index (κ1) is 12.2. The highest BCUT2D eigenvalue weighted by Gasteiger charge is 2.07. The van der Waals surface area contributed by atoms with E-state index in [2.05, 4.69) is 5.10 Å². The second-order valence-corrected chi connectivity index (χ2v) is 3.27. The largest absolute Gasteiger partial charge is 0.461 e. The average molecular weight is 220 g/mol. The summed E-state index contributed by atoms with van der Waals surface area (Å²) in [5.74, 6) is -0.384. The van der Waals surface area contributed by atoms with Gasteiger partial charge in [-0.05, 0) is 26.0 Å². The van der Waals surface area contributed by atoms with E-state index in [4.69, 9.17) is 4.74 Å². The molecule has 0 saturated heterocycles. The van der Waals surface area contributed by atoms with E-state index in [9.17, 15) is 4.79 Å². The van der Waals surface area contributed by atoms with E-state index in [1.165, 1.54) is 0 Å². The van der Waals surface area contributed by atoms with E-state index >= 15 is 0 Å². The summed E-state index contributed by atoms with van der Waals surface area (Å²) in [6.45, 7) is 3.77. The highest BCUT2D eigenvalue weighted by Crippen LogP contribution is 2.11. The average Bonchev–Trinajstić information content (AvgIpc) is 2.30. The van der Waals surface area contributed by atoms with E-state index in [-0.39, 0.29) is 5.97 Å². The molecular formula is C12H16N2O2. The maximum Gasteiger partial charge on any atom is 0.354 e. The first-order valence-electron chi connectivity index (χ1n) is 5.16. The molecular weight excluding hydrogens is 204 g/mol. The number of carbonyl (C=O) groups excluding carboxylic acids is 1. The number of benzene rings is 1. The van der Waals surface area contributed by atoms with Crippen LogP contribution in [0.1, 0.15) is 13.8 Å². The fraction of sp³-hybridized carbons (Fsp3) is 0.333. The zero-order valence-electron chi connectivity index (χ0n) is 9.80. The maximum atomic E-state index is 11.3. The lowest BCUT2D eigenvalue weighted by molar-refractivity contribution is -0.135. The van der Waals surface area contributed by atoms with E-state index in [0.717, 1.165) is 5.69 Å². The van der Waals surface area contributed by atoms with E-state index < -0.39 is 0 Å². The lowest BCUT2D eigenvalue weighted by Crippen LogP contribution is -2.19. The number of carbonyl (C=O) groups is 1. The predicted molar refractivity (Wildman–Crippen MR) is 64.6 cm³/mol. The van der Waals surface area contributed by atoms with Crippen molar-refractivity contribution in [3.05, 3.63) is 30.3 Å². The van der Waals surface area contributed by atoms with Gasteiger partial charge in [0.25, 0.3) is 0 Å². The number of para-hydroxylation sites is 1. The Morgan fingerprint density at radius 1 is 1.38 bits per heavy atom. The molecule has 1 aromatic carbocycles. The van der Waals surface area contributed by atoms with Crippen LogP contribution in [0.5, 0.6) is 0 Å². The Morgan fingerprint density at radius 2 is 2.00 bits per heavy atom. The lowest BCUT2D eigenvalue weighted by atomic mass is 10.3. The molecule has 0 aromatic heterocycles. The van der Waals surface area contributed by atoms with Crippen molar-refractivity contribution in [2.24, 2.45) is 5.10 Å². The van der Waals surface area contributed by atoms with Crippen LogP contribution in [0.3, 0.4) is 0 Å². The molecule has 0 saturated carbocycles. The van der Waals surface area contributed by atoms with E-state index in [1.54, 1.807) is 25.9 Å². The molecule has 0 aliphatic heterocycles. The van der Waals surface area contributed by atoms with Crippen molar-refractivity contribution in [3.63, 3.8) is 0 Å². The highest BCUT2D eigenvalue weighted by atomic mass is 16.5. The predicted octanol–water partition coefficient (Wildman–Crippen LogP) is 2.06. The fourth-order valence-electron chi connectivity index (χ4n) is 1.20. The van der Waals surface area contributed by atoms with Crippen LogP contribution in [0.2, 0.25) is 0 Å². The van der Waals surface area contributed by atoms with Gasteiger partial charge in [0, 0.05) is 7.05 Å². The van der Waals surface area contributed by atoms with Gasteiger partial charge in [-0.1, -0.05) is 18.2 Å². The Balaban J connectivity index is 2.73. The molecule has 86 valence electrons. The number of hydrogen-bond acceptors (Lipinski definition) is 4. The van der Waals surface area contributed by atoms with Gasteiger partial charge in [0.05, 0.1) is 12.3 Å². The van der Waals surface area contributed by atoms with Crippen LogP contribution in [0, 0.1) is 0 Å². The molecule has 0 fully saturated rings. The summed E-state index contributed by atoms with van der Waals surface area (Å²) in [6.07, 6.45) is 0. The molecule has 0 N–H and O–H groups in total. The smallest absolute Gasteiger partial charge is 0.354 e. The Labute approximate surface area is 95.5 Å².